The van der Waals surface area contributed by atoms with Gasteiger partial charge in [-0.1, -0.05) is 61.9 Å². The second-order valence-electron chi connectivity index (χ2n) is 9.25. The van der Waals surface area contributed by atoms with E-state index in [1.807, 2.05) is 31.2 Å². The van der Waals surface area contributed by atoms with Gasteiger partial charge in [-0.05, 0) is 40.5 Å². The van der Waals surface area contributed by atoms with Gasteiger partial charge in [-0.25, -0.2) is 4.79 Å². The Labute approximate surface area is 192 Å². The van der Waals surface area contributed by atoms with E-state index in [1.54, 1.807) is 4.90 Å². The maximum absolute atomic E-state index is 13.0. The van der Waals surface area contributed by atoms with Gasteiger partial charge in [-0.15, -0.1) is 0 Å². The maximum atomic E-state index is 13.0. The number of hydrogen-bond acceptors (Lipinski definition) is 4. The van der Waals surface area contributed by atoms with Crippen molar-refractivity contribution in [3.8, 4) is 11.1 Å². The number of hydrogen-bond donors (Lipinski definition) is 2. The molecule has 1 aliphatic heterocycles. The van der Waals surface area contributed by atoms with Crippen molar-refractivity contribution in [2.75, 3.05) is 19.7 Å². The first-order valence-corrected chi connectivity index (χ1v) is 11.6. The number of piperidine rings is 1. The third-order valence-electron chi connectivity index (χ3n) is 7.30. The molecule has 0 bridgehead atoms. The number of nitrogens with one attached hydrogen (secondary N) is 1. The van der Waals surface area contributed by atoms with Crippen molar-refractivity contribution in [3.05, 3.63) is 59.7 Å². The average Bonchev–Trinajstić information content (AvgIpc) is 3.17. The van der Waals surface area contributed by atoms with Crippen molar-refractivity contribution >= 4 is 18.0 Å². The fourth-order valence-corrected chi connectivity index (χ4v) is 5.62. The van der Waals surface area contributed by atoms with Crippen LogP contribution in [0.5, 0.6) is 0 Å². The number of carbonyl (C=O) groups is 3. The van der Waals surface area contributed by atoms with Gasteiger partial charge in [0, 0.05) is 19.0 Å². The summed E-state index contributed by atoms with van der Waals surface area (Å²) in [5.41, 5.74) is 4.59. The van der Waals surface area contributed by atoms with Crippen LogP contribution in [0.2, 0.25) is 0 Å². The molecule has 1 heterocycles. The molecular formula is C26H28N2O5. The molecule has 2 amide bonds. The van der Waals surface area contributed by atoms with Crippen LogP contribution in [0, 0.1) is 17.8 Å². The molecule has 3 unspecified atom stereocenters. The molecule has 7 nitrogen and oxygen atoms in total. The number of carbonyl (C=O) groups excluding carboxylic acids is 2. The third-order valence-corrected chi connectivity index (χ3v) is 7.30. The van der Waals surface area contributed by atoms with E-state index in [1.165, 1.54) is 0 Å². The minimum Gasteiger partial charge on any atom is -0.481 e. The lowest BCUT2D eigenvalue weighted by molar-refractivity contribution is -0.141. The van der Waals surface area contributed by atoms with Crippen LogP contribution in [0.3, 0.4) is 0 Å². The summed E-state index contributed by atoms with van der Waals surface area (Å²) in [5.74, 6) is -1.21. The van der Waals surface area contributed by atoms with E-state index in [9.17, 15) is 19.5 Å². The summed E-state index contributed by atoms with van der Waals surface area (Å²) in [6.07, 6.45) is 0.645. The summed E-state index contributed by atoms with van der Waals surface area (Å²) in [5, 5.41) is 12.0. The van der Waals surface area contributed by atoms with Crippen LogP contribution < -0.4 is 5.32 Å². The quantitative estimate of drug-likeness (QED) is 0.676. The fourth-order valence-electron chi connectivity index (χ4n) is 5.62. The van der Waals surface area contributed by atoms with E-state index < -0.39 is 18.1 Å². The lowest BCUT2D eigenvalue weighted by Gasteiger charge is -2.26. The lowest BCUT2D eigenvalue weighted by Crippen LogP contribution is -2.49. The third kappa shape index (κ3) is 3.86. The fraction of sp³-hybridized carbons (Fsp3) is 0.423. The zero-order valence-electron chi connectivity index (χ0n) is 18.6. The van der Waals surface area contributed by atoms with Gasteiger partial charge in [0.1, 0.15) is 12.6 Å². The molecule has 3 atom stereocenters. The highest BCUT2D eigenvalue weighted by atomic mass is 16.5. The van der Waals surface area contributed by atoms with E-state index in [2.05, 4.69) is 29.6 Å². The number of ether oxygens (including phenoxy) is 1. The minimum absolute atomic E-state index is 0.0397. The summed E-state index contributed by atoms with van der Waals surface area (Å²) in [6, 6.07) is 15.6. The smallest absolute Gasteiger partial charge is 0.407 e. The maximum Gasteiger partial charge on any atom is 0.407 e. The number of benzene rings is 2. The van der Waals surface area contributed by atoms with Crippen molar-refractivity contribution in [2.24, 2.45) is 17.8 Å². The molecule has 2 aliphatic carbocycles. The van der Waals surface area contributed by atoms with Gasteiger partial charge in [-0.2, -0.15) is 0 Å². The largest absolute Gasteiger partial charge is 0.481 e. The first kappa shape index (κ1) is 21.5. The molecule has 2 aromatic rings. The molecule has 1 saturated heterocycles. The van der Waals surface area contributed by atoms with Crippen LogP contribution in [0.25, 0.3) is 11.1 Å². The molecule has 0 radical (unpaired) electrons. The van der Waals surface area contributed by atoms with Crippen molar-refractivity contribution in [3.63, 3.8) is 0 Å². The number of fused-ring (bicyclic) bond motifs is 4. The topological polar surface area (TPSA) is 95.9 Å². The van der Waals surface area contributed by atoms with E-state index in [-0.39, 0.29) is 36.2 Å². The number of carboxylic acid groups (broad SMARTS) is 1. The summed E-state index contributed by atoms with van der Waals surface area (Å²) in [7, 11) is 0. The first-order chi connectivity index (χ1) is 16.0. The van der Waals surface area contributed by atoms with Gasteiger partial charge in [-0.3, -0.25) is 9.59 Å². The lowest BCUT2D eigenvalue weighted by atomic mass is 9.98. The predicted octanol–water partition coefficient (Wildman–Crippen LogP) is 3.48. The Bertz CT molecular complexity index is 1040. The molecule has 2 N–H and O–H groups in total. The molecule has 0 aromatic heterocycles. The highest BCUT2D eigenvalue weighted by molar-refractivity contribution is 5.87. The molecule has 172 valence electrons. The average molecular weight is 449 g/mol. The van der Waals surface area contributed by atoms with Gasteiger partial charge in [0.2, 0.25) is 5.91 Å². The molecule has 7 heteroatoms. The Balaban J connectivity index is 1.20. The molecule has 0 spiro atoms. The van der Waals surface area contributed by atoms with E-state index in [0.29, 0.717) is 19.5 Å². The van der Waals surface area contributed by atoms with Gasteiger partial charge < -0.3 is 20.1 Å². The predicted molar refractivity (Wildman–Crippen MR) is 122 cm³/mol. The van der Waals surface area contributed by atoms with Crippen molar-refractivity contribution in [1.82, 2.24) is 10.2 Å². The number of nitrogens with zero attached hydrogens (tertiary/aromatic N) is 1. The zero-order valence-corrected chi connectivity index (χ0v) is 18.6. The number of likely N-dealkylation sites (tertiary alicyclic amines) is 1. The van der Waals surface area contributed by atoms with Gasteiger partial charge in [0.15, 0.2) is 0 Å². The number of amides is 2. The number of aliphatic carboxylic acids is 1. The SMILES string of the molecule is CCCC(NC(=O)OCC1c2ccccc2-c2ccccc21)C(=O)N1CC2C(C1)C2C(=O)O. The van der Waals surface area contributed by atoms with Crippen LogP contribution in [-0.2, 0) is 14.3 Å². The number of rotatable bonds is 7. The van der Waals surface area contributed by atoms with Crippen LogP contribution in [-0.4, -0.2) is 53.7 Å². The monoisotopic (exact) mass is 448 g/mol. The Kier molecular flexibility index (Phi) is 5.56. The molecule has 2 aromatic carbocycles. The van der Waals surface area contributed by atoms with Gasteiger partial charge in [0.05, 0.1) is 5.92 Å². The van der Waals surface area contributed by atoms with Gasteiger partial charge in [0.25, 0.3) is 0 Å². The molecule has 3 aliphatic rings. The van der Waals surface area contributed by atoms with Crippen LogP contribution in [0.15, 0.2) is 48.5 Å². The standard InChI is InChI=1S/C26H28N2O5/c1-2-7-22(24(29)28-12-19-20(13-28)23(19)25(30)31)27-26(32)33-14-21-17-10-5-3-8-15(17)16-9-4-6-11-18(16)21/h3-6,8-11,19-23H,2,7,12-14H2,1H3,(H,27,32)(H,30,31). The van der Waals surface area contributed by atoms with E-state index in [0.717, 1.165) is 28.7 Å². The second kappa shape index (κ2) is 8.54. The van der Waals surface area contributed by atoms with Gasteiger partial charge >= 0.3 is 12.1 Å². The van der Waals surface area contributed by atoms with Crippen LogP contribution in [0.1, 0.15) is 36.8 Å². The van der Waals surface area contributed by atoms with Crippen molar-refractivity contribution < 1.29 is 24.2 Å². The molecular weight excluding hydrogens is 420 g/mol. The van der Waals surface area contributed by atoms with Crippen LogP contribution >= 0.6 is 0 Å². The Morgan fingerprint density at radius 3 is 2.15 bits per heavy atom. The number of alkyl carbamates (subject to hydrolysis) is 1. The normalized spacial score (nSPS) is 23.3. The second-order valence-corrected chi connectivity index (χ2v) is 9.25. The number of carboxylic acids is 1. The summed E-state index contributed by atoms with van der Waals surface area (Å²) in [6.45, 7) is 3.06. The van der Waals surface area contributed by atoms with Crippen LogP contribution in [0.4, 0.5) is 4.79 Å². The minimum atomic E-state index is -0.779. The van der Waals surface area contributed by atoms with E-state index >= 15 is 0 Å². The highest BCUT2D eigenvalue weighted by Crippen LogP contribution is 2.51. The first-order valence-electron chi connectivity index (χ1n) is 11.6. The van der Waals surface area contributed by atoms with Crippen molar-refractivity contribution in [2.45, 2.75) is 31.7 Å². The Morgan fingerprint density at radius 2 is 1.61 bits per heavy atom. The molecule has 5 rings (SSSR count). The zero-order chi connectivity index (χ0) is 23.1. The highest BCUT2D eigenvalue weighted by Gasteiger charge is 2.60. The van der Waals surface area contributed by atoms with E-state index in [4.69, 9.17) is 4.74 Å². The Hall–Kier alpha value is -3.35. The molecule has 2 fully saturated rings. The molecule has 33 heavy (non-hydrogen) atoms. The summed E-state index contributed by atoms with van der Waals surface area (Å²) >= 11 is 0. The van der Waals surface area contributed by atoms with Crippen molar-refractivity contribution in [1.29, 1.82) is 0 Å². The molecule has 1 saturated carbocycles. The summed E-state index contributed by atoms with van der Waals surface area (Å²) < 4.78 is 5.61. The Morgan fingerprint density at radius 1 is 1.03 bits per heavy atom. The summed E-state index contributed by atoms with van der Waals surface area (Å²) in [4.78, 5) is 38.6.